The van der Waals surface area contributed by atoms with Crippen LogP contribution >= 0.6 is 22.9 Å². The van der Waals surface area contributed by atoms with Crippen LogP contribution in [-0.4, -0.2) is 17.9 Å². The van der Waals surface area contributed by atoms with Gasteiger partial charge in [0.05, 0.1) is 11.1 Å². The number of amides is 1. The maximum absolute atomic E-state index is 12.2. The summed E-state index contributed by atoms with van der Waals surface area (Å²) in [7, 11) is 1.75. The van der Waals surface area contributed by atoms with Crippen LogP contribution in [0, 0.1) is 6.92 Å². The van der Waals surface area contributed by atoms with Crippen LogP contribution in [0.1, 0.15) is 33.2 Å². The fraction of sp³-hybridized carbons (Fsp3) is 0.286. The third-order valence-corrected chi connectivity index (χ3v) is 4.34. The number of nitrogens with one attached hydrogen (secondary N) is 2. The number of hydrogen-bond acceptors (Lipinski definition) is 4. The quantitative estimate of drug-likeness (QED) is 0.906. The van der Waals surface area contributed by atoms with Crippen LogP contribution in [0.2, 0.25) is 5.02 Å². The molecule has 4 nitrogen and oxygen atoms in total. The van der Waals surface area contributed by atoms with Crippen LogP contribution in [0.5, 0.6) is 0 Å². The Hall–Kier alpha value is -1.59. The molecule has 2 N–H and O–H groups in total. The van der Waals surface area contributed by atoms with Gasteiger partial charge in [0.15, 0.2) is 0 Å². The van der Waals surface area contributed by atoms with Crippen molar-refractivity contribution in [2.75, 3.05) is 12.4 Å². The minimum Gasteiger partial charge on any atom is -0.373 e. The van der Waals surface area contributed by atoms with Gasteiger partial charge in [0, 0.05) is 16.8 Å². The van der Waals surface area contributed by atoms with Gasteiger partial charge in [-0.15, -0.1) is 11.3 Å². The number of carbonyl (C=O) groups is 1. The van der Waals surface area contributed by atoms with Gasteiger partial charge in [-0.05, 0) is 38.1 Å². The van der Waals surface area contributed by atoms with E-state index in [9.17, 15) is 4.79 Å². The number of thiophene rings is 1. The Morgan fingerprint density at radius 3 is 2.70 bits per heavy atom. The normalized spacial score (nSPS) is 12.0. The SMILES string of the molecule is CNc1ccc(Cl)c(C(=O)NC(C)c2ccc(C)s2)n1. The van der Waals surface area contributed by atoms with E-state index >= 15 is 0 Å². The first-order valence-electron chi connectivity index (χ1n) is 6.22. The molecule has 0 saturated heterocycles. The van der Waals surface area contributed by atoms with E-state index in [0.29, 0.717) is 10.8 Å². The lowest BCUT2D eigenvalue weighted by Gasteiger charge is -2.13. The topological polar surface area (TPSA) is 54.0 Å². The van der Waals surface area contributed by atoms with Crippen molar-refractivity contribution in [3.8, 4) is 0 Å². The fourth-order valence-corrected chi connectivity index (χ4v) is 2.83. The van der Waals surface area contributed by atoms with E-state index in [0.717, 1.165) is 4.88 Å². The lowest BCUT2D eigenvalue weighted by Crippen LogP contribution is -2.27. The summed E-state index contributed by atoms with van der Waals surface area (Å²) in [4.78, 5) is 18.8. The molecule has 6 heteroatoms. The lowest BCUT2D eigenvalue weighted by atomic mass is 10.2. The average Bonchev–Trinajstić information content (AvgIpc) is 2.86. The first-order chi connectivity index (χ1) is 9.51. The van der Waals surface area contributed by atoms with Gasteiger partial charge in [0.25, 0.3) is 5.91 Å². The Morgan fingerprint density at radius 2 is 2.10 bits per heavy atom. The summed E-state index contributed by atoms with van der Waals surface area (Å²) in [5.74, 6) is 0.338. The van der Waals surface area contributed by atoms with Crippen LogP contribution in [0.25, 0.3) is 0 Å². The third kappa shape index (κ3) is 3.29. The van der Waals surface area contributed by atoms with Gasteiger partial charge in [0.1, 0.15) is 11.5 Å². The highest BCUT2D eigenvalue weighted by Crippen LogP contribution is 2.23. The van der Waals surface area contributed by atoms with E-state index in [4.69, 9.17) is 11.6 Å². The van der Waals surface area contributed by atoms with Crippen molar-refractivity contribution in [3.63, 3.8) is 0 Å². The highest BCUT2D eigenvalue weighted by Gasteiger charge is 2.17. The predicted octanol–water partition coefficient (Wildman–Crippen LogP) is 3.64. The first kappa shape index (κ1) is 14.8. The second-order valence-corrected chi connectivity index (χ2v) is 6.15. The van der Waals surface area contributed by atoms with Gasteiger partial charge in [-0.3, -0.25) is 4.79 Å². The average molecular weight is 310 g/mol. The number of aryl methyl sites for hydroxylation is 1. The zero-order chi connectivity index (χ0) is 14.7. The maximum Gasteiger partial charge on any atom is 0.272 e. The number of nitrogens with zero attached hydrogens (tertiary/aromatic N) is 1. The molecule has 0 aromatic carbocycles. The number of anilines is 1. The molecule has 2 aromatic rings. The monoisotopic (exact) mass is 309 g/mol. The Morgan fingerprint density at radius 1 is 1.35 bits per heavy atom. The molecular weight excluding hydrogens is 294 g/mol. The number of halogens is 1. The van der Waals surface area contributed by atoms with Crippen LogP contribution in [0.15, 0.2) is 24.3 Å². The fourth-order valence-electron chi connectivity index (χ4n) is 1.76. The molecule has 0 aliphatic heterocycles. The minimum absolute atomic E-state index is 0.0719. The van der Waals surface area contributed by atoms with Crippen LogP contribution in [-0.2, 0) is 0 Å². The summed E-state index contributed by atoms with van der Waals surface area (Å²) in [5, 5.41) is 6.15. The number of rotatable bonds is 4. The highest BCUT2D eigenvalue weighted by atomic mass is 35.5. The zero-order valence-electron chi connectivity index (χ0n) is 11.5. The Kier molecular flexibility index (Phi) is 4.62. The minimum atomic E-state index is -0.273. The largest absolute Gasteiger partial charge is 0.373 e. The third-order valence-electron chi connectivity index (χ3n) is 2.85. The van der Waals surface area contributed by atoms with Crippen molar-refractivity contribution < 1.29 is 4.79 Å². The molecule has 2 heterocycles. The number of aromatic nitrogens is 1. The van der Waals surface area contributed by atoms with Gasteiger partial charge < -0.3 is 10.6 Å². The smallest absolute Gasteiger partial charge is 0.272 e. The van der Waals surface area contributed by atoms with Crippen molar-refractivity contribution >= 4 is 34.7 Å². The second-order valence-electron chi connectivity index (χ2n) is 4.42. The summed E-state index contributed by atoms with van der Waals surface area (Å²) in [6.07, 6.45) is 0. The molecule has 0 saturated carbocycles. The van der Waals surface area contributed by atoms with Crippen LogP contribution in [0.4, 0.5) is 5.82 Å². The Balaban J connectivity index is 2.15. The summed E-state index contributed by atoms with van der Waals surface area (Å²) in [6.45, 7) is 3.98. The predicted molar refractivity (Wildman–Crippen MR) is 83.7 cm³/mol. The zero-order valence-corrected chi connectivity index (χ0v) is 13.1. The summed E-state index contributed by atoms with van der Waals surface area (Å²) >= 11 is 7.70. The van der Waals surface area contributed by atoms with Gasteiger partial charge in [-0.1, -0.05) is 11.6 Å². The van der Waals surface area contributed by atoms with Crippen LogP contribution in [0.3, 0.4) is 0 Å². The summed E-state index contributed by atoms with van der Waals surface area (Å²) in [6, 6.07) is 7.37. The number of hydrogen-bond donors (Lipinski definition) is 2. The molecule has 0 spiro atoms. The van der Waals surface area contributed by atoms with Crippen molar-refractivity contribution in [2.24, 2.45) is 0 Å². The van der Waals surface area contributed by atoms with Gasteiger partial charge in [-0.25, -0.2) is 4.98 Å². The number of carbonyl (C=O) groups excluding carboxylic acids is 1. The molecule has 0 fully saturated rings. The molecule has 0 radical (unpaired) electrons. The lowest BCUT2D eigenvalue weighted by molar-refractivity contribution is 0.0936. The molecular formula is C14H16ClN3OS. The van der Waals surface area contributed by atoms with E-state index in [-0.39, 0.29) is 17.6 Å². The van der Waals surface area contributed by atoms with E-state index in [2.05, 4.69) is 15.6 Å². The molecule has 20 heavy (non-hydrogen) atoms. The maximum atomic E-state index is 12.2. The highest BCUT2D eigenvalue weighted by molar-refractivity contribution is 7.12. The summed E-state index contributed by atoms with van der Waals surface area (Å²) in [5.41, 5.74) is 0.235. The van der Waals surface area contributed by atoms with E-state index in [1.54, 1.807) is 30.5 Å². The molecule has 1 unspecified atom stereocenters. The van der Waals surface area contributed by atoms with Crippen molar-refractivity contribution in [1.82, 2.24) is 10.3 Å². The molecule has 106 valence electrons. The number of pyridine rings is 1. The molecule has 0 aliphatic carbocycles. The van der Waals surface area contributed by atoms with E-state index in [1.807, 2.05) is 26.0 Å². The van der Waals surface area contributed by atoms with E-state index in [1.165, 1.54) is 4.88 Å². The van der Waals surface area contributed by atoms with Gasteiger partial charge in [0.2, 0.25) is 0 Å². The second kappa shape index (κ2) is 6.24. The van der Waals surface area contributed by atoms with Crippen LogP contribution < -0.4 is 10.6 Å². The van der Waals surface area contributed by atoms with E-state index < -0.39 is 0 Å². The molecule has 0 bridgehead atoms. The van der Waals surface area contributed by atoms with Gasteiger partial charge in [-0.2, -0.15) is 0 Å². The molecule has 2 aromatic heterocycles. The Bertz CT molecular complexity index is 627. The molecule has 2 rings (SSSR count). The van der Waals surface area contributed by atoms with Gasteiger partial charge >= 0.3 is 0 Å². The first-order valence-corrected chi connectivity index (χ1v) is 7.42. The Labute approximate surface area is 127 Å². The summed E-state index contributed by atoms with van der Waals surface area (Å²) < 4.78 is 0. The molecule has 1 atom stereocenters. The van der Waals surface area contributed by atoms with Crippen molar-refractivity contribution in [1.29, 1.82) is 0 Å². The molecule has 0 aliphatic rings. The molecule has 1 amide bonds. The van der Waals surface area contributed by atoms with Crippen molar-refractivity contribution in [3.05, 3.63) is 44.7 Å². The van der Waals surface area contributed by atoms with Crippen molar-refractivity contribution in [2.45, 2.75) is 19.9 Å². The standard InChI is InChI=1S/C14H16ClN3OS/c1-8-4-6-11(20-8)9(2)17-14(19)13-10(15)5-7-12(16-3)18-13/h4-7,9H,1-3H3,(H,16,18)(H,17,19).